The highest BCUT2D eigenvalue weighted by Crippen LogP contribution is 2.70. The second kappa shape index (κ2) is 13.4. The molecular weight excluding hydrogens is 630 g/mol. The first-order chi connectivity index (χ1) is 23.4. The molecule has 6 N–H and O–H groups in total. The summed E-state index contributed by atoms with van der Waals surface area (Å²) in [5.41, 5.74) is 6.31. The Kier molecular flexibility index (Phi) is 10.1. The summed E-state index contributed by atoms with van der Waals surface area (Å²) in [6.45, 7) is 13.6. The average Bonchev–Trinajstić information content (AvgIpc) is 3.33. The third kappa shape index (κ3) is 6.03. The van der Waals surface area contributed by atoms with Gasteiger partial charge in [-0.15, -0.1) is 0 Å². The highest BCUT2D eigenvalue weighted by atomic mass is 16.4. The molecule has 6 rings (SSSR count). The predicted octanol–water partition coefficient (Wildman–Crippen LogP) is 5.49. The number of aliphatic hydroxyl groups is 1. The van der Waals surface area contributed by atoms with Gasteiger partial charge in [0.15, 0.2) is 11.5 Å². The van der Waals surface area contributed by atoms with Crippen molar-refractivity contribution in [2.75, 3.05) is 20.1 Å². The lowest BCUT2D eigenvalue weighted by molar-refractivity contribution is -0.163. The molecule has 0 saturated heterocycles. The van der Waals surface area contributed by atoms with Crippen LogP contribution in [-0.2, 0) is 19.2 Å². The Morgan fingerprint density at radius 1 is 1.00 bits per heavy atom. The summed E-state index contributed by atoms with van der Waals surface area (Å²) in [5.74, 6) is 1.90. The van der Waals surface area contributed by atoms with Crippen molar-refractivity contribution in [1.29, 1.82) is 0 Å². The van der Waals surface area contributed by atoms with Gasteiger partial charge in [0.1, 0.15) is 5.78 Å². The molecule has 0 radical (unpaired) electrons. The van der Waals surface area contributed by atoms with Crippen molar-refractivity contribution in [2.24, 2.45) is 81.2 Å². The molecule has 6 aliphatic rings. The number of rotatable bonds is 11. The summed E-state index contributed by atoms with van der Waals surface area (Å²) in [4.78, 5) is 52.5. The normalized spacial score (nSPS) is 41.6. The summed E-state index contributed by atoms with van der Waals surface area (Å²) in [6.07, 6.45) is 10.2. The van der Waals surface area contributed by atoms with Crippen molar-refractivity contribution in [3.05, 3.63) is 11.1 Å². The minimum Gasteiger partial charge on any atom is -0.481 e. The summed E-state index contributed by atoms with van der Waals surface area (Å²) >= 11 is 0. The number of likely N-dealkylation sites (N-methyl/N-ethyl adjacent to an activating group) is 1. The van der Waals surface area contributed by atoms with E-state index in [1.165, 1.54) is 12.0 Å². The summed E-state index contributed by atoms with van der Waals surface area (Å²) in [6, 6.07) is 0. The molecule has 0 spiro atoms. The highest BCUT2D eigenvalue weighted by molar-refractivity contribution is 6.01. The number of carbonyl (C=O) groups is 4. The maximum atomic E-state index is 13.8. The zero-order valence-corrected chi connectivity index (χ0v) is 31.8. The molecule has 12 unspecified atom stereocenters. The van der Waals surface area contributed by atoms with E-state index in [0.29, 0.717) is 54.8 Å². The molecule has 0 heterocycles. The molecule has 50 heavy (non-hydrogen) atoms. The van der Waals surface area contributed by atoms with E-state index >= 15 is 0 Å². The summed E-state index contributed by atoms with van der Waals surface area (Å²) < 4.78 is 0. The van der Waals surface area contributed by atoms with Gasteiger partial charge in [0.2, 0.25) is 5.91 Å². The van der Waals surface area contributed by atoms with Crippen molar-refractivity contribution >= 4 is 23.4 Å². The zero-order valence-electron chi connectivity index (χ0n) is 31.8. The fourth-order valence-corrected chi connectivity index (χ4v) is 13.5. The second-order valence-electron chi connectivity index (χ2n) is 19.0. The number of nitrogens with two attached hydrogens (primary N) is 1. The van der Waals surface area contributed by atoms with Gasteiger partial charge in [-0.05, 0) is 129 Å². The number of aliphatic carboxylic acids is 1. The van der Waals surface area contributed by atoms with Gasteiger partial charge in [-0.2, -0.15) is 0 Å². The van der Waals surface area contributed by atoms with Crippen LogP contribution in [0.4, 0.5) is 0 Å². The largest absolute Gasteiger partial charge is 0.481 e. The molecular formula is C41H65N3O6. The number of fused-ring (bicyclic) bond motifs is 7. The Morgan fingerprint density at radius 3 is 2.34 bits per heavy atom. The van der Waals surface area contributed by atoms with Crippen molar-refractivity contribution in [3.63, 3.8) is 0 Å². The maximum absolute atomic E-state index is 13.8. The van der Waals surface area contributed by atoms with Crippen LogP contribution in [0.2, 0.25) is 0 Å². The van der Waals surface area contributed by atoms with E-state index < -0.39 is 17.1 Å². The molecule has 5 fully saturated rings. The molecule has 0 aromatic carbocycles. The Labute approximate surface area is 299 Å². The number of nitrogens with one attached hydrogen (secondary N) is 2. The number of allylic oxidation sites excluding steroid dienone is 2. The molecule has 0 bridgehead atoms. The Balaban J connectivity index is 1.20. The first-order valence-electron chi connectivity index (χ1n) is 19.8. The highest BCUT2D eigenvalue weighted by Gasteiger charge is 2.63. The van der Waals surface area contributed by atoms with E-state index in [4.69, 9.17) is 5.73 Å². The van der Waals surface area contributed by atoms with Gasteiger partial charge < -0.3 is 26.6 Å². The Morgan fingerprint density at radius 2 is 1.72 bits per heavy atom. The van der Waals surface area contributed by atoms with E-state index in [-0.39, 0.29) is 71.5 Å². The van der Waals surface area contributed by atoms with E-state index in [0.717, 1.165) is 50.5 Å². The van der Waals surface area contributed by atoms with Crippen LogP contribution in [-0.4, -0.2) is 59.5 Å². The number of amides is 1. The van der Waals surface area contributed by atoms with Gasteiger partial charge in [-0.25, -0.2) is 0 Å². The summed E-state index contributed by atoms with van der Waals surface area (Å²) in [7, 11) is 1.71. The fraction of sp³-hybridized carbons (Fsp3) is 0.854. The topological polar surface area (TPSA) is 159 Å². The van der Waals surface area contributed by atoms with E-state index in [1.54, 1.807) is 7.05 Å². The number of Topliss-reactive ketones (excluding diaryl/α,β-unsaturated/α-hetero) is 2. The molecule has 9 nitrogen and oxygen atoms in total. The molecule has 0 aliphatic heterocycles. The van der Waals surface area contributed by atoms with Crippen LogP contribution >= 0.6 is 0 Å². The second-order valence-corrected chi connectivity index (χ2v) is 19.0. The van der Waals surface area contributed by atoms with Gasteiger partial charge in [-0.3, -0.25) is 19.2 Å². The molecule has 280 valence electrons. The van der Waals surface area contributed by atoms with Crippen LogP contribution in [0, 0.1) is 75.4 Å². The predicted molar refractivity (Wildman–Crippen MR) is 192 cm³/mol. The first kappa shape index (κ1) is 37.7. The molecule has 12 atom stereocenters. The quantitative estimate of drug-likeness (QED) is 0.178. The van der Waals surface area contributed by atoms with Crippen molar-refractivity contribution in [2.45, 2.75) is 124 Å². The lowest BCUT2D eigenvalue weighted by Crippen LogP contribution is -2.60. The van der Waals surface area contributed by atoms with E-state index in [1.807, 2.05) is 6.92 Å². The van der Waals surface area contributed by atoms with Gasteiger partial charge in [0.25, 0.3) is 0 Å². The van der Waals surface area contributed by atoms with Crippen LogP contribution in [0.15, 0.2) is 11.1 Å². The van der Waals surface area contributed by atoms with E-state index in [2.05, 4.69) is 45.3 Å². The number of carboxylic acids is 1. The minimum absolute atomic E-state index is 0.0305. The smallest absolute Gasteiger partial charge is 0.306 e. The third-order valence-electron chi connectivity index (χ3n) is 16.0. The summed E-state index contributed by atoms with van der Waals surface area (Å²) in [5, 5.41) is 26.1. The Hall–Kier alpha value is -2.10. The molecule has 0 aromatic heterocycles. The number of ketones is 2. The van der Waals surface area contributed by atoms with Gasteiger partial charge >= 0.3 is 5.97 Å². The maximum Gasteiger partial charge on any atom is 0.306 e. The van der Waals surface area contributed by atoms with Crippen LogP contribution < -0.4 is 16.4 Å². The van der Waals surface area contributed by atoms with Crippen LogP contribution in [0.1, 0.15) is 119 Å². The monoisotopic (exact) mass is 695 g/mol. The third-order valence-corrected chi connectivity index (χ3v) is 16.0. The number of carboxylic acid groups (broad SMARTS) is 1. The molecule has 0 aromatic rings. The SMILES string of the molecule is CNCC(O)(CN)NC(=O)CC12CCC3C(CCC4C3CCC3C(C)(C)C(CC(=O)C5CC(C(=O)O)C5C)CCC43C)C1=C(C(C)C)C(=O)C2. The zero-order chi connectivity index (χ0) is 36.6. The lowest BCUT2D eigenvalue weighted by Gasteiger charge is -2.65. The van der Waals surface area contributed by atoms with Crippen LogP contribution in [0.3, 0.4) is 0 Å². The lowest BCUT2D eigenvalue weighted by atomic mass is 9.39. The Bertz CT molecular complexity index is 1420. The average molecular weight is 696 g/mol. The molecule has 9 heteroatoms. The number of hydrogen-bond donors (Lipinski definition) is 5. The van der Waals surface area contributed by atoms with Crippen LogP contribution in [0.5, 0.6) is 0 Å². The van der Waals surface area contributed by atoms with Crippen molar-refractivity contribution in [1.82, 2.24) is 10.6 Å². The number of hydrogen-bond acceptors (Lipinski definition) is 7. The number of carbonyl (C=O) groups excluding carboxylic acids is 3. The van der Waals surface area contributed by atoms with Crippen LogP contribution in [0.25, 0.3) is 0 Å². The van der Waals surface area contributed by atoms with Gasteiger partial charge in [0.05, 0.1) is 5.92 Å². The van der Waals surface area contributed by atoms with Gasteiger partial charge in [0, 0.05) is 43.7 Å². The molecule has 5 saturated carbocycles. The van der Waals surface area contributed by atoms with Crippen molar-refractivity contribution in [3.8, 4) is 0 Å². The molecule has 6 aliphatic carbocycles. The van der Waals surface area contributed by atoms with E-state index in [9.17, 15) is 29.4 Å². The minimum atomic E-state index is -1.53. The van der Waals surface area contributed by atoms with Crippen molar-refractivity contribution < 1.29 is 29.4 Å². The standard InChI is InChI=1S/C41H65N3O6/c1-22(2)35-32(46)18-40(19-34(47)44-41(50,20-42)21-43-7)15-13-25-26-9-11-33-38(4,5)24(16-31(45)28-17-29(23(28)3)37(48)49)12-14-39(33,6)30(26)10-8-27(25)36(35)40/h22-30,33,43,50H,8-21,42H2,1-7H3,(H,44,47)(H,48,49). The van der Waals surface area contributed by atoms with Gasteiger partial charge in [-0.1, -0.05) is 47.1 Å². The molecule has 1 amide bonds. The fourth-order valence-electron chi connectivity index (χ4n) is 13.5. The first-order valence-corrected chi connectivity index (χ1v) is 19.8.